The molecule has 0 spiro atoms. The van der Waals surface area contributed by atoms with E-state index in [2.05, 4.69) is 25.5 Å². The Bertz CT molecular complexity index is 1090. The normalized spacial score (nSPS) is 11.0. The summed E-state index contributed by atoms with van der Waals surface area (Å²) >= 11 is 0. The number of aromatic nitrogens is 4. The van der Waals surface area contributed by atoms with E-state index in [9.17, 15) is 4.79 Å². The van der Waals surface area contributed by atoms with E-state index in [0.29, 0.717) is 28.1 Å². The Morgan fingerprint density at radius 1 is 1.25 bits per heavy atom. The van der Waals surface area contributed by atoms with Crippen LogP contribution in [0.5, 0.6) is 0 Å². The molecule has 0 fully saturated rings. The predicted molar refractivity (Wildman–Crippen MR) is 92.2 cm³/mol. The Morgan fingerprint density at radius 3 is 2.96 bits per heavy atom. The topological polar surface area (TPSA) is 110 Å². The number of amides is 1. The maximum atomic E-state index is 11.7. The van der Waals surface area contributed by atoms with Gasteiger partial charge in [-0.2, -0.15) is 5.10 Å². The second-order valence-electron chi connectivity index (χ2n) is 5.55. The molecule has 0 bridgehead atoms. The summed E-state index contributed by atoms with van der Waals surface area (Å²) in [5.41, 5.74) is 9.17. The molecule has 4 N–H and O–H groups in total. The zero-order valence-corrected chi connectivity index (χ0v) is 12.9. The number of para-hydroxylation sites is 1. The first-order valence-electron chi connectivity index (χ1n) is 7.38. The van der Waals surface area contributed by atoms with Crippen molar-refractivity contribution in [2.75, 3.05) is 5.32 Å². The van der Waals surface area contributed by atoms with Gasteiger partial charge < -0.3 is 11.1 Å². The molecule has 24 heavy (non-hydrogen) atoms. The summed E-state index contributed by atoms with van der Waals surface area (Å²) in [5, 5.41) is 11.6. The standard InChI is InChI=1S/C17H14N6O/c1-9-3-2-4-10-7-19-17(22-15(9)10)21-11-5-12(16(18)24)13-8-20-23-14(13)6-11/h2-8H,1H3,(H2,18,24)(H,20,23)(H,19,21,22). The minimum absolute atomic E-state index is 0.390. The number of nitrogens with two attached hydrogens (primary N) is 1. The van der Waals surface area contributed by atoms with Crippen molar-refractivity contribution in [2.24, 2.45) is 5.73 Å². The molecule has 0 saturated carbocycles. The summed E-state index contributed by atoms with van der Waals surface area (Å²) in [6.45, 7) is 2.00. The summed E-state index contributed by atoms with van der Waals surface area (Å²) in [7, 11) is 0. The van der Waals surface area contributed by atoms with Crippen LogP contribution in [0.25, 0.3) is 21.8 Å². The first-order chi connectivity index (χ1) is 11.6. The van der Waals surface area contributed by atoms with Crippen LogP contribution in [0.3, 0.4) is 0 Å². The number of H-pyrrole nitrogens is 1. The molecule has 0 radical (unpaired) electrons. The molecular formula is C17H14N6O. The lowest BCUT2D eigenvalue weighted by Crippen LogP contribution is -2.11. The largest absolute Gasteiger partial charge is 0.366 e. The van der Waals surface area contributed by atoms with Crippen molar-refractivity contribution in [3.63, 3.8) is 0 Å². The highest BCUT2D eigenvalue weighted by atomic mass is 16.1. The highest BCUT2D eigenvalue weighted by molar-refractivity contribution is 6.06. The fourth-order valence-corrected chi connectivity index (χ4v) is 2.72. The van der Waals surface area contributed by atoms with E-state index in [-0.39, 0.29) is 0 Å². The quantitative estimate of drug-likeness (QED) is 0.538. The van der Waals surface area contributed by atoms with Gasteiger partial charge in [0.15, 0.2) is 0 Å². The van der Waals surface area contributed by atoms with E-state index in [4.69, 9.17) is 5.73 Å². The van der Waals surface area contributed by atoms with Crippen LogP contribution in [0.4, 0.5) is 11.6 Å². The second kappa shape index (κ2) is 5.31. The summed E-state index contributed by atoms with van der Waals surface area (Å²) in [5.74, 6) is -0.0635. The maximum absolute atomic E-state index is 11.7. The molecule has 2 aromatic carbocycles. The van der Waals surface area contributed by atoms with E-state index in [1.54, 1.807) is 18.5 Å². The number of fused-ring (bicyclic) bond motifs is 2. The maximum Gasteiger partial charge on any atom is 0.249 e. The number of primary amides is 1. The van der Waals surface area contributed by atoms with Crippen LogP contribution in [-0.2, 0) is 0 Å². The third kappa shape index (κ3) is 2.32. The van der Waals surface area contributed by atoms with Gasteiger partial charge in [-0.25, -0.2) is 9.97 Å². The van der Waals surface area contributed by atoms with Crippen molar-refractivity contribution in [3.8, 4) is 0 Å². The van der Waals surface area contributed by atoms with E-state index in [1.807, 2.05) is 31.2 Å². The summed E-state index contributed by atoms with van der Waals surface area (Å²) in [6.07, 6.45) is 3.34. The molecule has 1 amide bonds. The SMILES string of the molecule is Cc1cccc2cnc(Nc3cc(C(N)=O)c4cn[nH]c4c3)nc12. The predicted octanol–water partition coefficient (Wildman–Crippen LogP) is 2.66. The summed E-state index contributed by atoms with van der Waals surface area (Å²) in [6, 6.07) is 9.44. The number of carbonyl (C=O) groups excluding carboxylic acids is 1. The highest BCUT2D eigenvalue weighted by Gasteiger charge is 2.11. The molecule has 4 aromatic rings. The minimum atomic E-state index is -0.514. The van der Waals surface area contributed by atoms with E-state index in [0.717, 1.165) is 16.5 Å². The molecular weight excluding hydrogens is 304 g/mol. The number of hydrogen-bond acceptors (Lipinski definition) is 5. The first kappa shape index (κ1) is 14.1. The second-order valence-corrected chi connectivity index (χ2v) is 5.55. The van der Waals surface area contributed by atoms with Gasteiger partial charge >= 0.3 is 0 Å². The van der Waals surface area contributed by atoms with Crippen LogP contribution >= 0.6 is 0 Å². The molecule has 0 unspecified atom stereocenters. The van der Waals surface area contributed by atoms with Crippen molar-refractivity contribution >= 4 is 39.3 Å². The van der Waals surface area contributed by atoms with Crippen molar-refractivity contribution in [2.45, 2.75) is 6.92 Å². The zero-order valence-electron chi connectivity index (χ0n) is 12.9. The van der Waals surface area contributed by atoms with Gasteiger partial charge in [0.1, 0.15) is 0 Å². The average molecular weight is 318 g/mol. The van der Waals surface area contributed by atoms with Gasteiger partial charge in [-0.15, -0.1) is 0 Å². The number of hydrogen-bond donors (Lipinski definition) is 3. The van der Waals surface area contributed by atoms with Crippen LogP contribution in [0, 0.1) is 6.92 Å². The van der Waals surface area contributed by atoms with Crippen LogP contribution in [-0.4, -0.2) is 26.1 Å². The summed E-state index contributed by atoms with van der Waals surface area (Å²) in [4.78, 5) is 20.5. The van der Waals surface area contributed by atoms with Crippen LogP contribution < -0.4 is 11.1 Å². The van der Waals surface area contributed by atoms with Gasteiger partial charge in [0, 0.05) is 22.7 Å². The number of nitrogens with one attached hydrogen (secondary N) is 2. The Kier molecular flexibility index (Phi) is 3.13. The third-order valence-corrected chi connectivity index (χ3v) is 3.89. The van der Waals surface area contributed by atoms with Crippen molar-refractivity contribution in [3.05, 3.63) is 53.9 Å². The molecule has 4 rings (SSSR count). The highest BCUT2D eigenvalue weighted by Crippen LogP contribution is 2.24. The first-order valence-corrected chi connectivity index (χ1v) is 7.38. The lowest BCUT2D eigenvalue weighted by atomic mass is 10.1. The molecule has 0 aliphatic rings. The van der Waals surface area contributed by atoms with Gasteiger partial charge in [-0.3, -0.25) is 9.89 Å². The van der Waals surface area contributed by atoms with Gasteiger partial charge in [0.2, 0.25) is 11.9 Å². The molecule has 0 aliphatic heterocycles. The molecule has 2 aromatic heterocycles. The van der Waals surface area contributed by atoms with Crippen LogP contribution in [0.2, 0.25) is 0 Å². The van der Waals surface area contributed by atoms with Crippen molar-refractivity contribution in [1.82, 2.24) is 20.2 Å². The average Bonchev–Trinajstić information content (AvgIpc) is 3.03. The van der Waals surface area contributed by atoms with E-state index in [1.165, 1.54) is 0 Å². The van der Waals surface area contributed by atoms with Gasteiger partial charge in [-0.1, -0.05) is 18.2 Å². The number of carbonyl (C=O) groups is 1. The monoisotopic (exact) mass is 318 g/mol. The zero-order chi connectivity index (χ0) is 16.7. The molecule has 7 heteroatoms. The number of rotatable bonds is 3. The Morgan fingerprint density at radius 2 is 2.12 bits per heavy atom. The van der Waals surface area contributed by atoms with Gasteiger partial charge in [-0.05, 0) is 24.6 Å². The van der Waals surface area contributed by atoms with E-state index >= 15 is 0 Å². The van der Waals surface area contributed by atoms with Crippen LogP contribution in [0.1, 0.15) is 15.9 Å². The minimum Gasteiger partial charge on any atom is -0.366 e. The number of benzene rings is 2. The molecule has 7 nitrogen and oxygen atoms in total. The molecule has 0 saturated heterocycles. The molecule has 0 atom stereocenters. The smallest absolute Gasteiger partial charge is 0.249 e. The number of nitrogens with zero attached hydrogens (tertiary/aromatic N) is 3. The molecule has 118 valence electrons. The Hall–Kier alpha value is -3.48. The summed E-state index contributed by atoms with van der Waals surface area (Å²) < 4.78 is 0. The number of aryl methyl sites for hydroxylation is 1. The fourth-order valence-electron chi connectivity index (χ4n) is 2.72. The van der Waals surface area contributed by atoms with Gasteiger partial charge in [0.05, 0.1) is 22.8 Å². The van der Waals surface area contributed by atoms with Gasteiger partial charge in [0.25, 0.3) is 0 Å². The van der Waals surface area contributed by atoms with Crippen LogP contribution in [0.15, 0.2) is 42.7 Å². The number of aromatic amines is 1. The van der Waals surface area contributed by atoms with E-state index < -0.39 is 5.91 Å². The lowest BCUT2D eigenvalue weighted by molar-refractivity contribution is 0.100. The molecule has 0 aliphatic carbocycles. The van der Waals surface area contributed by atoms with Crippen molar-refractivity contribution in [1.29, 1.82) is 0 Å². The Labute approximate surface area is 136 Å². The molecule has 2 heterocycles. The fraction of sp³-hybridized carbons (Fsp3) is 0.0588. The van der Waals surface area contributed by atoms with Crippen molar-refractivity contribution < 1.29 is 4.79 Å². The lowest BCUT2D eigenvalue weighted by Gasteiger charge is -2.08. The number of anilines is 2. The Balaban J connectivity index is 1.79. The third-order valence-electron chi connectivity index (χ3n) is 3.89.